The van der Waals surface area contributed by atoms with Crippen molar-refractivity contribution in [2.24, 2.45) is 11.8 Å². The van der Waals surface area contributed by atoms with Crippen molar-refractivity contribution in [3.8, 4) is 0 Å². The van der Waals surface area contributed by atoms with Crippen LogP contribution in [0.3, 0.4) is 0 Å². The third-order valence-corrected chi connectivity index (χ3v) is 4.73. The van der Waals surface area contributed by atoms with Gasteiger partial charge in [-0.05, 0) is 37.0 Å². The first-order chi connectivity index (χ1) is 9.31. The zero-order valence-electron chi connectivity index (χ0n) is 10.9. The minimum Gasteiger partial charge on any atom is -0.393 e. The van der Waals surface area contributed by atoms with Crippen LogP contribution in [0.15, 0.2) is 36.4 Å². The monoisotopic (exact) mass is 254 g/mol. The van der Waals surface area contributed by atoms with E-state index in [1.165, 1.54) is 5.39 Å². The Morgan fingerprint density at radius 3 is 2.84 bits per heavy atom. The van der Waals surface area contributed by atoms with Crippen LogP contribution < -0.4 is 4.90 Å². The number of para-hydroxylation sites is 1. The number of fused-ring (bicyclic) bond motifs is 2. The van der Waals surface area contributed by atoms with E-state index in [9.17, 15) is 5.11 Å². The predicted molar refractivity (Wildman–Crippen MR) is 76.2 cm³/mol. The van der Waals surface area contributed by atoms with Gasteiger partial charge in [0.1, 0.15) is 5.82 Å². The van der Waals surface area contributed by atoms with E-state index in [0.717, 1.165) is 37.3 Å². The Balaban J connectivity index is 1.65. The second-order valence-electron chi connectivity index (χ2n) is 5.84. The van der Waals surface area contributed by atoms with Gasteiger partial charge in [0.05, 0.1) is 11.6 Å². The molecule has 1 aromatic heterocycles. The summed E-state index contributed by atoms with van der Waals surface area (Å²) < 4.78 is 0. The Labute approximate surface area is 112 Å². The number of nitrogens with zero attached hydrogens (tertiary/aromatic N) is 2. The van der Waals surface area contributed by atoms with Crippen LogP contribution >= 0.6 is 0 Å². The number of aliphatic hydroxyl groups excluding tert-OH is 1. The molecular weight excluding hydrogens is 236 g/mol. The zero-order valence-corrected chi connectivity index (χ0v) is 10.9. The van der Waals surface area contributed by atoms with Gasteiger partial charge < -0.3 is 10.0 Å². The Hall–Kier alpha value is -1.61. The van der Waals surface area contributed by atoms with Gasteiger partial charge in [0.15, 0.2) is 0 Å². The molecule has 3 nitrogen and oxygen atoms in total. The minimum absolute atomic E-state index is 0.101. The summed E-state index contributed by atoms with van der Waals surface area (Å²) in [6.07, 6.45) is 2.04. The van der Waals surface area contributed by atoms with E-state index in [-0.39, 0.29) is 6.10 Å². The fourth-order valence-electron chi connectivity index (χ4n) is 3.66. The number of hydrogen-bond donors (Lipinski definition) is 1. The van der Waals surface area contributed by atoms with Crippen LogP contribution in [0.2, 0.25) is 0 Å². The Morgan fingerprint density at radius 2 is 1.95 bits per heavy atom. The first-order valence-electron chi connectivity index (χ1n) is 7.10. The van der Waals surface area contributed by atoms with Gasteiger partial charge in [-0.1, -0.05) is 18.2 Å². The van der Waals surface area contributed by atoms with Crippen LogP contribution in [0.4, 0.5) is 5.82 Å². The largest absolute Gasteiger partial charge is 0.393 e. The van der Waals surface area contributed by atoms with Crippen molar-refractivity contribution in [3.63, 3.8) is 0 Å². The van der Waals surface area contributed by atoms with Crippen LogP contribution in [0.1, 0.15) is 12.8 Å². The lowest BCUT2D eigenvalue weighted by Gasteiger charge is -2.19. The summed E-state index contributed by atoms with van der Waals surface area (Å²) in [4.78, 5) is 7.09. The summed E-state index contributed by atoms with van der Waals surface area (Å²) in [7, 11) is 0. The van der Waals surface area contributed by atoms with Crippen molar-refractivity contribution in [3.05, 3.63) is 36.4 Å². The molecule has 3 unspecified atom stereocenters. The SMILES string of the molecule is OC1CCC2CN(c3ccc4ccccc4n3)CC12. The molecule has 1 saturated heterocycles. The quantitative estimate of drug-likeness (QED) is 0.849. The molecule has 2 fully saturated rings. The Kier molecular flexibility index (Phi) is 2.49. The van der Waals surface area contributed by atoms with E-state index in [1.54, 1.807) is 0 Å². The highest BCUT2D eigenvalue weighted by atomic mass is 16.3. The van der Waals surface area contributed by atoms with Crippen LogP contribution in [-0.2, 0) is 0 Å². The van der Waals surface area contributed by atoms with Gasteiger partial charge in [0.2, 0.25) is 0 Å². The lowest BCUT2D eigenvalue weighted by Crippen LogP contribution is -2.25. The van der Waals surface area contributed by atoms with Crippen molar-refractivity contribution in [2.45, 2.75) is 18.9 Å². The molecule has 0 spiro atoms. The van der Waals surface area contributed by atoms with Crippen LogP contribution in [0.5, 0.6) is 0 Å². The molecule has 2 aliphatic rings. The highest BCUT2D eigenvalue weighted by Crippen LogP contribution is 2.39. The van der Waals surface area contributed by atoms with Gasteiger partial charge in [0, 0.05) is 24.4 Å². The molecule has 2 aromatic rings. The predicted octanol–water partition coefficient (Wildman–Crippen LogP) is 2.44. The van der Waals surface area contributed by atoms with E-state index in [1.807, 2.05) is 12.1 Å². The first-order valence-corrected chi connectivity index (χ1v) is 7.10. The molecule has 98 valence electrons. The zero-order chi connectivity index (χ0) is 12.8. The van der Waals surface area contributed by atoms with Crippen LogP contribution in [0.25, 0.3) is 10.9 Å². The van der Waals surface area contributed by atoms with E-state index in [2.05, 4.69) is 29.2 Å². The smallest absolute Gasteiger partial charge is 0.129 e. The Bertz CT molecular complexity index is 612. The number of pyridine rings is 1. The molecule has 1 aliphatic carbocycles. The molecule has 0 radical (unpaired) electrons. The van der Waals surface area contributed by atoms with Crippen molar-refractivity contribution >= 4 is 16.7 Å². The highest BCUT2D eigenvalue weighted by Gasteiger charge is 2.42. The van der Waals surface area contributed by atoms with Crippen molar-refractivity contribution < 1.29 is 5.11 Å². The molecule has 1 aromatic carbocycles. The molecule has 0 amide bonds. The molecule has 1 aliphatic heterocycles. The van der Waals surface area contributed by atoms with E-state index < -0.39 is 0 Å². The molecule has 1 N–H and O–H groups in total. The molecule has 3 atom stereocenters. The highest BCUT2D eigenvalue weighted by molar-refractivity contribution is 5.80. The molecule has 0 bridgehead atoms. The molecule has 2 heterocycles. The fourth-order valence-corrected chi connectivity index (χ4v) is 3.66. The number of aromatic nitrogens is 1. The van der Waals surface area contributed by atoms with Gasteiger partial charge in [0.25, 0.3) is 0 Å². The van der Waals surface area contributed by atoms with Gasteiger partial charge >= 0.3 is 0 Å². The topological polar surface area (TPSA) is 36.4 Å². The number of anilines is 1. The number of aliphatic hydroxyl groups is 1. The molecule has 4 rings (SSSR count). The summed E-state index contributed by atoms with van der Waals surface area (Å²) >= 11 is 0. The summed E-state index contributed by atoms with van der Waals surface area (Å²) in [5, 5.41) is 11.2. The van der Waals surface area contributed by atoms with Crippen molar-refractivity contribution in [1.29, 1.82) is 0 Å². The number of rotatable bonds is 1. The minimum atomic E-state index is -0.101. The van der Waals surface area contributed by atoms with E-state index in [4.69, 9.17) is 4.98 Å². The maximum atomic E-state index is 9.99. The van der Waals surface area contributed by atoms with Gasteiger partial charge in [-0.25, -0.2) is 4.98 Å². The second-order valence-corrected chi connectivity index (χ2v) is 5.84. The third-order valence-electron chi connectivity index (χ3n) is 4.73. The number of hydrogen-bond acceptors (Lipinski definition) is 3. The Morgan fingerprint density at radius 1 is 1.05 bits per heavy atom. The maximum absolute atomic E-state index is 9.99. The standard InChI is InChI=1S/C16H18N2O/c19-15-7-5-12-9-18(10-13(12)15)16-8-6-11-3-1-2-4-14(11)17-16/h1-4,6,8,12-13,15,19H,5,7,9-10H2. The van der Waals surface area contributed by atoms with Crippen molar-refractivity contribution in [1.82, 2.24) is 4.98 Å². The fraction of sp³-hybridized carbons (Fsp3) is 0.438. The lowest BCUT2D eigenvalue weighted by molar-refractivity contribution is 0.133. The summed E-state index contributed by atoms with van der Waals surface area (Å²) in [6, 6.07) is 12.5. The van der Waals surface area contributed by atoms with E-state index in [0.29, 0.717) is 11.8 Å². The normalized spacial score (nSPS) is 29.9. The molecule has 1 saturated carbocycles. The van der Waals surface area contributed by atoms with Gasteiger partial charge in [-0.2, -0.15) is 0 Å². The third kappa shape index (κ3) is 1.80. The van der Waals surface area contributed by atoms with Gasteiger partial charge in [-0.3, -0.25) is 0 Å². The average molecular weight is 254 g/mol. The number of benzene rings is 1. The van der Waals surface area contributed by atoms with Crippen LogP contribution in [-0.4, -0.2) is 29.3 Å². The summed E-state index contributed by atoms with van der Waals surface area (Å²) in [5.74, 6) is 2.16. The first kappa shape index (κ1) is 11.2. The average Bonchev–Trinajstić information content (AvgIpc) is 3.01. The second kappa shape index (κ2) is 4.20. The summed E-state index contributed by atoms with van der Waals surface area (Å²) in [6.45, 7) is 2.00. The summed E-state index contributed by atoms with van der Waals surface area (Å²) in [5.41, 5.74) is 1.05. The molecular formula is C16H18N2O. The maximum Gasteiger partial charge on any atom is 0.129 e. The molecule has 19 heavy (non-hydrogen) atoms. The van der Waals surface area contributed by atoms with E-state index >= 15 is 0 Å². The van der Waals surface area contributed by atoms with Crippen molar-refractivity contribution in [2.75, 3.05) is 18.0 Å². The van der Waals surface area contributed by atoms with Crippen LogP contribution in [0, 0.1) is 11.8 Å². The molecule has 3 heteroatoms. The van der Waals surface area contributed by atoms with Gasteiger partial charge in [-0.15, -0.1) is 0 Å². The lowest BCUT2D eigenvalue weighted by atomic mass is 10.00.